The van der Waals surface area contributed by atoms with Crippen molar-refractivity contribution in [2.45, 2.75) is 31.7 Å². The van der Waals surface area contributed by atoms with Gasteiger partial charge in [0.15, 0.2) is 0 Å². The molecule has 0 saturated carbocycles. The van der Waals surface area contributed by atoms with Gasteiger partial charge in [0.1, 0.15) is 11.5 Å². The summed E-state index contributed by atoms with van der Waals surface area (Å²) >= 11 is 0. The summed E-state index contributed by atoms with van der Waals surface area (Å²) in [5.41, 5.74) is 6.59. The van der Waals surface area contributed by atoms with E-state index in [2.05, 4.69) is 15.4 Å². The second-order valence-corrected chi connectivity index (χ2v) is 6.67. The number of ether oxygens (including phenoxy) is 2. The van der Waals surface area contributed by atoms with E-state index in [0.717, 1.165) is 5.75 Å². The van der Waals surface area contributed by atoms with Gasteiger partial charge in [-0.05, 0) is 42.8 Å². The molecule has 4 N–H and O–H groups in total. The first-order valence-electron chi connectivity index (χ1n) is 9.68. The number of nitrogens with two attached hydrogens (primary N) is 1. The zero-order chi connectivity index (χ0) is 21.8. The lowest BCUT2D eigenvalue weighted by Gasteiger charge is -2.13. The number of hydrogen-bond donors (Lipinski definition) is 3. The van der Waals surface area contributed by atoms with Crippen LogP contribution < -0.4 is 21.1 Å². The topological polar surface area (TPSA) is 120 Å². The number of para-hydroxylation sites is 1. The number of hydrogen-bond acceptors (Lipinski definition) is 6. The van der Waals surface area contributed by atoms with Crippen LogP contribution in [0.3, 0.4) is 0 Å². The Morgan fingerprint density at radius 2 is 1.57 bits per heavy atom. The van der Waals surface area contributed by atoms with E-state index in [4.69, 9.17) is 10.5 Å². The first kappa shape index (κ1) is 22.9. The monoisotopic (exact) mass is 413 g/mol. The highest BCUT2D eigenvalue weighted by molar-refractivity contribution is 5.90. The van der Waals surface area contributed by atoms with Crippen molar-refractivity contribution in [1.29, 1.82) is 0 Å². The van der Waals surface area contributed by atoms with E-state index in [9.17, 15) is 14.4 Å². The van der Waals surface area contributed by atoms with E-state index in [-0.39, 0.29) is 43.7 Å². The average Bonchev–Trinajstić information content (AvgIpc) is 2.76. The Labute approximate surface area is 175 Å². The summed E-state index contributed by atoms with van der Waals surface area (Å²) in [6, 6.07) is 16.1. The normalized spacial score (nSPS) is 11.3. The summed E-state index contributed by atoms with van der Waals surface area (Å²) in [4.78, 5) is 34.7. The number of anilines is 1. The van der Waals surface area contributed by atoms with Gasteiger partial charge in [0.05, 0.1) is 13.5 Å². The van der Waals surface area contributed by atoms with Crippen LogP contribution in [-0.2, 0) is 19.1 Å². The highest BCUT2D eigenvalue weighted by Crippen LogP contribution is 2.22. The standard InChI is InChI=1S/C22H27N3O5/c1-29-22(28)14-13-20(26)24-15-16(23)7-12-21(27)25-17-8-10-19(11-9-17)30-18-5-3-2-4-6-18/h2-6,8-11,16H,7,12-15,23H2,1H3,(H,24,26)(H,25,27). The molecule has 8 heteroatoms. The molecule has 0 aliphatic heterocycles. The van der Waals surface area contributed by atoms with Gasteiger partial charge in [-0.25, -0.2) is 0 Å². The van der Waals surface area contributed by atoms with Crippen molar-refractivity contribution in [3.8, 4) is 11.5 Å². The van der Waals surface area contributed by atoms with Gasteiger partial charge in [-0.15, -0.1) is 0 Å². The van der Waals surface area contributed by atoms with Crippen LogP contribution in [0.5, 0.6) is 11.5 Å². The third kappa shape index (κ3) is 8.74. The molecule has 160 valence electrons. The van der Waals surface area contributed by atoms with Crippen molar-refractivity contribution in [2.24, 2.45) is 5.73 Å². The SMILES string of the molecule is COC(=O)CCC(=O)NCC(N)CCC(=O)Nc1ccc(Oc2ccccc2)cc1. The average molecular weight is 413 g/mol. The van der Waals surface area contributed by atoms with Gasteiger partial charge in [-0.3, -0.25) is 14.4 Å². The van der Waals surface area contributed by atoms with Gasteiger partial charge in [0, 0.05) is 31.1 Å². The molecule has 0 fully saturated rings. The van der Waals surface area contributed by atoms with Crippen LogP contribution in [0.2, 0.25) is 0 Å². The number of carbonyl (C=O) groups excluding carboxylic acids is 3. The van der Waals surface area contributed by atoms with Crippen molar-refractivity contribution in [1.82, 2.24) is 5.32 Å². The van der Waals surface area contributed by atoms with E-state index in [1.807, 2.05) is 30.3 Å². The van der Waals surface area contributed by atoms with E-state index >= 15 is 0 Å². The molecule has 1 atom stereocenters. The zero-order valence-corrected chi connectivity index (χ0v) is 16.9. The molecule has 8 nitrogen and oxygen atoms in total. The van der Waals surface area contributed by atoms with Gasteiger partial charge in [0.2, 0.25) is 11.8 Å². The second kappa shape index (κ2) is 12.2. The maximum absolute atomic E-state index is 12.1. The Morgan fingerprint density at radius 3 is 2.23 bits per heavy atom. The minimum Gasteiger partial charge on any atom is -0.469 e. The van der Waals surface area contributed by atoms with E-state index < -0.39 is 5.97 Å². The van der Waals surface area contributed by atoms with Gasteiger partial charge in [-0.2, -0.15) is 0 Å². The minimum absolute atomic E-state index is 0.0230. The fourth-order valence-corrected chi connectivity index (χ4v) is 2.52. The third-order valence-electron chi connectivity index (χ3n) is 4.20. The molecule has 2 amide bonds. The van der Waals surface area contributed by atoms with Crippen LogP contribution in [0, 0.1) is 0 Å². The van der Waals surface area contributed by atoms with Gasteiger partial charge in [0.25, 0.3) is 0 Å². The molecular weight excluding hydrogens is 386 g/mol. The summed E-state index contributed by atoms with van der Waals surface area (Å²) < 4.78 is 10.2. The molecule has 0 saturated heterocycles. The van der Waals surface area contributed by atoms with Crippen LogP contribution in [-0.4, -0.2) is 37.5 Å². The predicted molar refractivity (Wildman–Crippen MR) is 113 cm³/mol. The molecule has 30 heavy (non-hydrogen) atoms. The van der Waals surface area contributed by atoms with Crippen molar-refractivity contribution in [3.05, 3.63) is 54.6 Å². The fourth-order valence-electron chi connectivity index (χ4n) is 2.52. The lowest BCUT2D eigenvalue weighted by molar-refractivity contribution is -0.142. The van der Waals surface area contributed by atoms with Crippen LogP contribution in [0.15, 0.2) is 54.6 Å². The van der Waals surface area contributed by atoms with Gasteiger partial charge in [-0.1, -0.05) is 18.2 Å². The Bertz CT molecular complexity index is 824. The first-order chi connectivity index (χ1) is 14.5. The Balaban J connectivity index is 1.66. The number of rotatable bonds is 11. The van der Waals surface area contributed by atoms with Gasteiger partial charge >= 0.3 is 5.97 Å². The third-order valence-corrected chi connectivity index (χ3v) is 4.20. The maximum Gasteiger partial charge on any atom is 0.306 e. The largest absolute Gasteiger partial charge is 0.469 e. The van der Waals surface area contributed by atoms with Crippen LogP contribution >= 0.6 is 0 Å². The Kier molecular flexibility index (Phi) is 9.33. The maximum atomic E-state index is 12.1. The second-order valence-electron chi connectivity index (χ2n) is 6.67. The number of esters is 1. The zero-order valence-electron chi connectivity index (χ0n) is 16.9. The molecule has 0 aromatic heterocycles. The number of carbonyl (C=O) groups is 3. The van der Waals surface area contributed by atoms with Crippen molar-refractivity contribution in [2.75, 3.05) is 19.0 Å². The van der Waals surface area contributed by atoms with E-state index in [1.165, 1.54) is 7.11 Å². The lowest BCUT2D eigenvalue weighted by atomic mass is 10.1. The van der Waals surface area contributed by atoms with E-state index in [0.29, 0.717) is 17.9 Å². The molecule has 0 aliphatic carbocycles. The Morgan fingerprint density at radius 1 is 0.900 bits per heavy atom. The smallest absolute Gasteiger partial charge is 0.306 e. The van der Waals surface area contributed by atoms with Crippen molar-refractivity contribution < 1.29 is 23.9 Å². The molecule has 0 radical (unpaired) electrons. The molecule has 2 aromatic rings. The summed E-state index contributed by atoms with van der Waals surface area (Å²) in [6.07, 6.45) is 0.707. The summed E-state index contributed by atoms with van der Waals surface area (Å²) in [6.45, 7) is 0.235. The van der Waals surface area contributed by atoms with Crippen LogP contribution in [0.25, 0.3) is 0 Å². The van der Waals surface area contributed by atoms with Crippen molar-refractivity contribution >= 4 is 23.5 Å². The molecule has 0 heterocycles. The molecule has 0 aliphatic rings. The Hall–Kier alpha value is -3.39. The summed E-state index contributed by atoms with van der Waals surface area (Å²) in [7, 11) is 1.27. The quantitative estimate of drug-likeness (QED) is 0.487. The van der Waals surface area contributed by atoms with Crippen LogP contribution in [0.1, 0.15) is 25.7 Å². The number of benzene rings is 2. The molecule has 0 bridgehead atoms. The van der Waals surface area contributed by atoms with Crippen molar-refractivity contribution in [3.63, 3.8) is 0 Å². The molecule has 2 rings (SSSR count). The molecule has 0 spiro atoms. The fraction of sp³-hybridized carbons (Fsp3) is 0.318. The first-order valence-corrected chi connectivity index (χ1v) is 9.68. The lowest BCUT2D eigenvalue weighted by Crippen LogP contribution is -2.37. The predicted octanol–water partition coefficient (Wildman–Crippen LogP) is 2.59. The minimum atomic E-state index is -0.439. The van der Waals surface area contributed by atoms with Gasteiger partial charge < -0.3 is 25.8 Å². The van der Waals surface area contributed by atoms with Crippen LogP contribution in [0.4, 0.5) is 5.69 Å². The number of amides is 2. The summed E-state index contributed by atoms with van der Waals surface area (Å²) in [5, 5.41) is 5.45. The molecule has 2 aromatic carbocycles. The number of nitrogens with one attached hydrogen (secondary N) is 2. The summed E-state index contributed by atoms with van der Waals surface area (Å²) in [5.74, 6) is 0.521. The highest BCUT2D eigenvalue weighted by Gasteiger charge is 2.11. The van der Waals surface area contributed by atoms with E-state index in [1.54, 1.807) is 24.3 Å². The number of methoxy groups -OCH3 is 1. The molecule has 1 unspecified atom stereocenters. The molecular formula is C22H27N3O5. The highest BCUT2D eigenvalue weighted by atomic mass is 16.5.